The van der Waals surface area contributed by atoms with E-state index in [1.54, 1.807) is 6.92 Å². The molecule has 0 aromatic carbocycles. The zero-order valence-electron chi connectivity index (χ0n) is 30.8. The molecule has 0 radical (unpaired) electrons. The fourth-order valence-corrected chi connectivity index (χ4v) is 6.12. The van der Waals surface area contributed by atoms with Crippen molar-refractivity contribution in [2.24, 2.45) is 0 Å². The van der Waals surface area contributed by atoms with Crippen LogP contribution in [0, 0.1) is 13.8 Å². The van der Waals surface area contributed by atoms with E-state index in [4.69, 9.17) is 19.4 Å². The van der Waals surface area contributed by atoms with Gasteiger partial charge in [0.2, 0.25) is 0 Å². The lowest BCUT2D eigenvalue weighted by Crippen LogP contribution is -2.12. The third-order valence-corrected chi connectivity index (χ3v) is 9.04. The van der Waals surface area contributed by atoms with Crippen LogP contribution in [0.5, 0.6) is 0 Å². The number of ether oxygens (including phenoxy) is 2. The Bertz CT molecular complexity index is 1890. The number of esters is 2. The van der Waals surface area contributed by atoms with Gasteiger partial charge < -0.3 is 24.2 Å². The molecule has 48 heavy (non-hydrogen) atoms. The van der Waals surface area contributed by atoms with Crippen molar-refractivity contribution >= 4 is 50.9 Å². The number of nitrogens with zero attached hydrogens (tertiary/aromatic N) is 2. The molecule has 3 aromatic heterocycles. The van der Waals surface area contributed by atoms with E-state index in [-0.39, 0.29) is 18.1 Å². The summed E-state index contributed by atoms with van der Waals surface area (Å²) >= 11 is 0. The highest BCUT2D eigenvalue weighted by Gasteiger charge is 2.30. The first-order chi connectivity index (χ1) is 22.9. The van der Waals surface area contributed by atoms with Crippen LogP contribution in [0.4, 0.5) is 0 Å². The highest BCUT2D eigenvalue weighted by Crippen LogP contribution is 2.36. The molecule has 5 rings (SSSR count). The van der Waals surface area contributed by atoms with Crippen molar-refractivity contribution in [1.82, 2.24) is 19.9 Å². The van der Waals surface area contributed by atoms with Gasteiger partial charge in [-0.1, -0.05) is 41.5 Å². The summed E-state index contributed by atoms with van der Waals surface area (Å²) in [6.07, 6.45) is 2.95. The average molecular weight is 657 g/mol. The second-order valence-electron chi connectivity index (χ2n) is 12.0. The largest absolute Gasteiger partial charge is 0.469 e. The number of aryl methyl sites for hydroxylation is 4. The van der Waals surface area contributed by atoms with Gasteiger partial charge in [-0.15, -0.1) is 0 Å². The maximum absolute atomic E-state index is 13.2. The molecular weight excluding hydrogens is 604 g/mol. The van der Waals surface area contributed by atoms with Crippen LogP contribution in [0.25, 0.3) is 33.2 Å². The number of Topliss-reactive ketones (excluding diaryl/α,β-unsaturated/α-hetero) is 1. The van der Waals surface area contributed by atoms with Gasteiger partial charge in [0.15, 0.2) is 0 Å². The van der Waals surface area contributed by atoms with Gasteiger partial charge in [0, 0.05) is 51.4 Å². The van der Waals surface area contributed by atoms with E-state index in [1.807, 2.05) is 33.8 Å². The van der Waals surface area contributed by atoms with Crippen LogP contribution in [0.3, 0.4) is 0 Å². The van der Waals surface area contributed by atoms with Gasteiger partial charge in [-0.2, -0.15) is 0 Å². The summed E-state index contributed by atoms with van der Waals surface area (Å²) in [6, 6.07) is 6.30. The number of methoxy groups -OCH3 is 2. The second-order valence-corrected chi connectivity index (χ2v) is 12.0. The predicted octanol–water partition coefficient (Wildman–Crippen LogP) is 8.23. The Labute approximate surface area is 284 Å². The van der Waals surface area contributed by atoms with Crippen molar-refractivity contribution in [2.75, 3.05) is 14.2 Å². The first-order valence-corrected chi connectivity index (χ1v) is 17.0. The Morgan fingerprint density at radius 1 is 0.812 bits per heavy atom. The molecule has 5 heterocycles. The monoisotopic (exact) mass is 656 g/mol. The molecular formula is C39H52N4O5. The van der Waals surface area contributed by atoms with Crippen LogP contribution >= 0.6 is 0 Å². The number of rotatable bonds is 6. The standard InChI is InChI=1S/C33H38N4O4.C4H8O.C2H6/c1-9-20-17(4)24-13-23-16(3)11-27(34-23)22(12-30(38)40-7)32-31(33(39)41-8)19(6)26(37-32)15-29-21(10-2)18(5)25(36-29)14-28(20)35-24;1-3-4(2)5;1-2/h13-16,35-36H,9-12H2,1-8H3;3H2,1-2H3;1-2H3. The molecule has 2 aliphatic heterocycles. The Kier molecular flexibility index (Phi) is 13.1. The van der Waals surface area contributed by atoms with E-state index in [0.717, 1.165) is 46.3 Å². The summed E-state index contributed by atoms with van der Waals surface area (Å²) in [7, 11) is 2.72. The van der Waals surface area contributed by atoms with E-state index in [1.165, 1.54) is 36.5 Å². The summed E-state index contributed by atoms with van der Waals surface area (Å²) in [6.45, 7) is 20.0. The third kappa shape index (κ3) is 7.77. The molecule has 0 saturated carbocycles. The number of hydrogen-bond acceptors (Lipinski definition) is 7. The van der Waals surface area contributed by atoms with Crippen molar-refractivity contribution in [2.45, 2.75) is 107 Å². The molecule has 1 unspecified atom stereocenters. The molecule has 0 amide bonds. The van der Waals surface area contributed by atoms with E-state index in [9.17, 15) is 14.4 Å². The number of H-pyrrole nitrogens is 2. The summed E-state index contributed by atoms with van der Waals surface area (Å²) < 4.78 is 10.3. The minimum Gasteiger partial charge on any atom is -0.469 e. The molecule has 9 nitrogen and oxygen atoms in total. The second kappa shape index (κ2) is 16.5. The molecule has 0 aliphatic carbocycles. The number of fused-ring (bicyclic) bond motifs is 8. The summed E-state index contributed by atoms with van der Waals surface area (Å²) in [5.41, 5.74) is 13.2. The Morgan fingerprint density at radius 3 is 1.85 bits per heavy atom. The van der Waals surface area contributed by atoms with E-state index < -0.39 is 11.9 Å². The molecule has 3 aromatic rings. The van der Waals surface area contributed by atoms with Gasteiger partial charge >= 0.3 is 11.9 Å². The molecule has 2 N–H and O–H groups in total. The quantitative estimate of drug-likeness (QED) is 0.256. The maximum atomic E-state index is 13.2. The highest BCUT2D eigenvalue weighted by molar-refractivity contribution is 6.25. The smallest absolute Gasteiger partial charge is 0.340 e. The molecule has 9 heteroatoms. The number of aromatic amines is 2. The lowest BCUT2D eigenvalue weighted by Gasteiger charge is -2.09. The van der Waals surface area contributed by atoms with Crippen LogP contribution in [-0.4, -0.2) is 51.9 Å². The first kappa shape index (κ1) is 37.9. The topological polar surface area (TPSA) is 127 Å². The minimum absolute atomic E-state index is 0.0538. The number of carbonyl (C=O) groups excluding carboxylic acids is 3. The minimum atomic E-state index is -0.499. The van der Waals surface area contributed by atoms with Crippen molar-refractivity contribution in [3.05, 3.63) is 68.8 Å². The number of nitrogens with one attached hydrogen (secondary N) is 2. The van der Waals surface area contributed by atoms with Gasteiger partial charge in [0.25, 0.3) is 0 Å². The first-order valence-electron chi connectivity index (χ1n) is 17.0. The molecule has 0 fully saturated rings. The van der Waals surface area contributed by atoms with Gasteiger partial charge in [-0.25, -0.2) is 9.78 Å². The van der Waals surface area contributed by atoms with Gasteiger partial charge in [0.05, 0.1) is 37.6 Å². The fourth-order valence-electron chi connectivity index (χ4n) is 6.12. The number of carbonyl (C=O) groups is 3. The highest BCUT2D eigenvalue weighted by atomic mass is 16.5. The normalized spacial score (nSPS) is 13.6. The Morgan fingerprint density at radius 2 is 1.35 bits per heavy atom. The van der Waals surface area contributed by atoms with Crippen LogP contribution < -0.4 is 0 Å². The zero-order chi connectivity index (χ0) is 35.9. The molecule has 258 valence electrons. The van der Waals surface area contributed by atoms with E-state index in [2.05, 4.69) is 56.7 Å². The van der Waals surface area contributed by atoms with Crippen LogP contribution in [0.1, 0.15) is 118 Å². The SMILES string of the molecule is CC.CCC(C)=O.CCc1c(C)c2cc3[nH]c(cc4nc(c(CC(=O)OC)c5nc(cc1[nH]2)C(C)=C5C(=O)OC)CC4C)c(C)c3CC. The van der Waals surface area contributed by atoms with Crippen molar-refractivity contribution in [3.8, 4) is 0 Å². The molecule has 0 saturated heterocycles. The maximum Gasteiger partial charge on any atom is 0.340 e. The lowest BCUT2D eigenvalue weighted by molar-refractivity contribution is -0.140. The van der Waals surface area contributed by atoms with Gasteiger partial charge in [-0.05, 0) is 93.0 Å². The predicted molar refractivity (Wildman–Crippen MR) is 194 cm³/mol. The summed E-state index contributed by atoms with van der Waals surface area (Å²) in [5.74, 6) is -0.557. The van der Waals surface area contributed by atoms with Crippen LogP contribution in [0.2, 0.25) is 0 Å². The van der Waals surface area contributed by atoms with Crippen molar-refractivity contribution < 1.29 is 23.9 Å². The number of allylic oxidation sites excluding steroid dienone is 1. The molecule has 8 bridgehead atoms. The molecule has 1 atom stereocenters. The third-order valence-electron chi connectivity index (χ3n) is 9.04. The van der Waals surface area contributed by atoms with Gasteiger partial charge in [-0.3, -0.25) is 9.78 Å². The van der Waals surface area contributed by atoms with Crippen molar-refractivity contribution in [1.29, 1.82) is 0 Å². The van der Waals surface area contributed by atoms with E-state index in [0.29, 0.717) is 40.9 Å². The number of ketones is 1. The zero-order valence-corrected chi connectivity index (χ0v) is 30.8. The summed E-state index contributed by atoms with van der Waals surface area (Å²) in [4.78, 5) is 52.9. The lowest BCUT2D eigenvalue weighted by atomic mass is 9.97. The van der Waals surface area contributed by atoms with Crippen molar-refractivity contribution in [3.63, 3.8) is 0 Å². The Hall–Kier alpha value is -4.53. The van der Waals surface area contributed by atoms with Crippen LogP contribution in [0.15, 0.2) is 18.2 Å². The molecule has 0 spiro atoms. The van der Waals surface area contributed by atoms with Gasteiger partial charge in [0.1, 0.15) is 5.78 Å². The van der Waals surface area contributed by atoms with Crippen LogP contribution in [-0.2, 0) is 49.5 Å². The molecule has 2 aliphatic rings. The number of hydrogen-bond donors (Lipinski definition) is 2. The summed E-state index contributed by atoms with van der Waals surface area (Å²) in [5, 5.41) is 0. The van der Waals surface area contributed by atoms with E-state index >= 15 is 0 Å². The fraction of sp³-hybridized carbons (Fsp3) is 0.462. The number of aromatic nitrogens is 4. The average Bonchev–Trinajstić information content (AvgIpc) is 3.78. The Balaban J connectivity index is 0.000000818.